The Kier molecular flexibility index (Phi) is 4.75. The van der Waals surface area contributed by atoms with Crippen LogP contribution in [0, 0.1) is 6.92 Å². The maximum absolute atomic E-state index is 12.7. The van der Waals surface area contributed by atoms with Crippen molar-refractivity contribution in [2.45, 2.75) is 6.92 Å². The summed E-state index contributed by atoms with van der Waals surface area (Å²) in [5.74, 6) is 0.798. The second-order valence-electron chi connectivity index (χ2n) is 5.77. The average Bonchev–Trinajstić information content (AvgIpc) is 2.60. The van der Waals surface area contributed by atoms with E-state index in [0.717, 1.165) is 22.2 Å². The second kappa shape index (κ2) is 7.13. The molecule has 24 heavy (non-hydrogen) atoms. The van der Waals surface area contributed by atoms with E-state index in [9.17, 15) is 4.79 Å². The summed E-state index contributed by atoms with van der Waals surface area (Å²) in [5, 5.41) is 0.872. The van der Waals surface area contributed by atoms with E-state index in [4.69, 9.17) is 4.74 Å². The summed E-state index contributed by atoms with van der Waals surface area (Å²) < 4.78 is 5.72. The molecule has 1 heterocycles. The molecule has 122 valence electrons. The summed E-state index contributed by atoms with van der Waals surface area (Å²) in [6.45, 7) is 3.00. The number of hydrogen-bond donors (Lipinski definition) is 0. The van der Waals surface area contributed by atoms with E-state index in [1.807, 2.05) is 55.5 Å². The van der Waals surface area contributed by atoms with Crippen LogP contribution in [0.3, 0.4) is 0 Å². The monoisotopic (exact) mass is 320 g/mol. The van der Waals surface area contributed by atoms with E-state index < -0.39 is 0 Å². The van der Waals surface area contributed by atoms with Gasteiger partial charge < -0.3 is 9.64 Å². The molecule has 0 unspecified atom stereocenters. The Hall–Kier alpha value is -2.88. The highest BCUT2D eigenvalue weighted by Crippen LogP contribution is 2.18. The summed E-state index contributed by atoms with van der Waals surface area (Å²) in [4.78, 5) is 18.7. The van der Waals surface area contributed by atoms with Gasteiger partial charge in [-0.3, -0.25) is 9.78 Å². The van der Waals surface area contributed by atoms with Gasteiger partial charge >= 0.3 is 0 Å². The van der Waals surface area contributed by atoms with Gasteiger partial charge in [0, 0.05) is 18.6 Å². The van der Waals surface area contributed by atoms with E-state index in [-0.39, 0.29) is 5.91 Å². The van der Waals surface area contributed by atoms with Crippen molar-refractivity contribution in [3.05, 3.63) is 71.9 Å². The Balaban J connectivity index is 1.66. The fourth-order valence-electron chi connectivity index (χ4n) is 2.60. The molecule has 0 aliphatic carbocycles. The Labute approximate surface area is 141 Å². The Morgan fingerprint density at radius 3 is 2.79 bits per heavy atom. The first-order valence-corrected chi connectivity index (χ1v) is 7.94. The van der Waals surface area contributed by atoms with Gasteiger partial charge in [0.25, 0.3) is 5.91 Å². The molecule has 2 aromatic carbocycles. The van der Waals surface area contributed by atoms with Gasteiger partial charge in [-0.1, -0.05) is 30.3 Å². The van der Waals surface area contributed by atoms with Gasteiger partial charge in [-0.15, -0.1) is 0 Å². The molecule has 0 saturated heterocycles. The average molecular weight is 320 g/mol. The van der Waals surface area contributed by atoms with Crippen molar-refractivity contribution >= 4 is 16.8 Å². The van der Waals surface area contributed by atoms with Crippen LogP contribution in [0.1, 0.15) is 15.9 Å². The molecule has 0 fully saturated rings. The van der Waals surface area contributed by atoms with Crippen LogP contribution in [-0.2, 0) is 0 Å². The molecule has 3 aromatic rings. The third kappa shape index (κ3) is 3.54. The minimum atomic E-state index is -0.0264. The number of carbonyl (C=O) groups is 1. The first-order chi connectivity index (χ1) is 11.6. The Bertz CT molecular complexity index is 856. The predicted octanol–water partition coefficient (Wildman–Crippen LogP) is 3.69. The zero-order valence-corrected chi connectivity index (χ0v) is 13.9. The molecule has 1 aromatic heterocycles. The van der Waals surface area contributed by atoms with E-state index in [2.05, 4.69) is 4.98 Å². The lowest BCUT2D eigenvalue weighted by molar-refractivity contribution is 0.0775. The maximum Gasteiger partial charge on any atom is 0.254 e. The Morgan fingerprint density at radius 2 is 1.96 bits per heavy atom. The largest absolute Gasteiger partial charge is 0.492 e. The van der Waals surface area contributed by atoms with Crippen LogP contribution in [-0.4, -0.2) is 36.0 Å². The first-order valence-electron chi connectivity index (χ1n) is 7.94. The number of carbonyl (C=O) groups excluding carboxylic acids is 1. The number of likely N-dealkylation sites (N-methyl/N-ethyl adjacent to an activating group) is 1. The number of hydrogen-bond acceptors (Lipinski definition) is 3. The van der Waals surface area contributed by atoms with Gasteiger partial charge in [-0.25, -0.2) is 0 Å². The molecule has 0 radical (unpaired) electrons. The van der Waals surface area contributed by atoms with E-state index in [1.54, 1.807) is 24.2 Å². The van der Waals surface area contributed by atoms with Crippen LogP contribution in [0.25, 0.3) is 10.9 Å². The van der Waals surface area contributed by atoms with Gasteiger partial charge in [0.1, 0.15) is 12.4 Å². The number of amides is 1. The summed E-state index contributed by atoms with van der Waals surface area (Å²) in [6, 6.07) is 17.3. The molecule has 0 bridgehead atoms. The van der Waals surface area contributed by atoms with Gasteiger partial charge in [-0.05, 0) is 36.8 Å². The standard InChI is InChI=1S/C20H20N2O2/c1-15-6-5-7-16(14-15)24-13-12-22(2)20(23)18-10-11-21-19-9-4-3-8-17(18)19/h3-11,14H,12-13H2,1-2H3. The van der Waals surface area contributed by atoms with Crippen LogP contribution in [0.5, 0.6) is 5.75 Å². The topological polar surface area (TPSA) is 42.4 Å². The van der Waals surface area contributed by atoms with Gasteiger partial charge in [0.2, 0.25) is 0 Å². The molecule has 4 heteroatoms. The molecular formula is C20H20N2O2. The fraction of sp³-hybridized carbons (Fsp3) is 0.200. The number of aromatic nitrogens is 1. The van der Waals surface area contributed by atoms with Gasteiger partial charge in [0.15, 0.2) is 0 Å². The molecule has 3 rings (SSSR count). The van der Waals surface area contributed by atoms with Crippen molar-refractivity contribution in [2.24, 2.45) is 0 Å². The molecule has 0 spiro atoms. The molecule has 0 N–H and O–H groups in total. The van der Waals surface area contributed by atoms with Crippen molar-refractivity contribution in [1.29, 1.82) is 0 Å². The first kappa shape index (κ1) is 16.0. The number of aryl methyl sites for hydroxylation is 1. The number of nitrogens with zero attached hydrogens (tertiary/aromatic N) is 2. The van der Waals surface area contributed by atoms with Crippen LogP contribution >= 0.6 is 0 Å². The lowest BCUT2D eigenvalue weighted by atomic mass is 10.1. The highest BCUT2D eigenvalue weighted by atomic mass is 16.5. The summed E-state index contributed by atoms with van der Waals surface area (Å²) in [5.41, 5.74) is 2.65. The lowest BCUT2D eigenvalue weighted by Gasteiger charge is -2.18. The molecular weight excluding hydrogens is 300 g/mol. The number of ether oxygens (including phenoxy) is 1. The van der Waals surface area contributed by atoms with Crippen molar-refractivity contribution in [2.75, 3.05) is 20.2 Å². The summed E-state index contributed by atoms with van der Waals surface area (Å²) in [7, 11) is 1.79. The fourth-order valence-corrected chi connectivity index (χ4v) is 2.60. The number of para-hydroxylation sites is 1. The SMILES string of the molecule is Cc1cccc(OCCN(C)C(=O)c2ccnc3ccccc23)c1. The quantitative estimate of drug-likeness (QED) is 0.720. The van der Waals surface area contributed by atoms with Crippen LogP contribution in [0.4, 0.5) is 0 Å². The molecule has 0 saturated carbocycles. The highest BCUT2D eigenvalue weighted by Gasteiger charge is 2.14. The maximum atomic E-state index is 12.7. The van der Waals surface area contributed by atoms with Gasteiger partial charge in [0.05, 0.1) is 17.6 Å². The normalized spacial score (nSPS) is 10.6. The van der Waals surface area contributed by atoms with Crippen LogP contribution < -0.4 is 4.74 Å². The number of rotatable bonds is 5. The van der Waals surface area contributed by atoms with Crippen LogP contribution in [0.15, 0.2) is 60.8 Å². The second-order valence-corrected chi connectivity index (χ2v) is 5.77. The predicted molar refractivity (Wildman–Crippen MR) is 95.4 cm³/mol. The summed E-state index contributed by atoms with van der Waals surface area (Å²) in [6.07, 6.45) is 1.67. The highest BCUT2D eigenvalue weighted by molar-refractivity contribution is 6.05. The minimum absolute atomic E-state index is 0.0264. The smallest absolute Gasteiger partial charge is 0.254 e. The van der Waals surface area contributed by atoms with Crippen molar-refractivity contribution in [3.63, 3.8) is 0 Å². The minimum Gasteiger partial charge on any atom is -0.492 e. The third-order valence-corrected chi connectivity index (χ3v) is 3.91. The molecule has 0 aliphatic rings. The number of benzene rings is 2. The number of fused-ring (bicyclic) bond motifs is 1. The zero-order chi connectivity index (χ0) is 16.9. The molecule has 4 nitrogen and oxygen atoms in total. The van der Waals surface area contributed by atoms with Crippen molar-refractivity contribution < 1.29 is 9.53 Å². The van der Waals surface area contributed by atoms with Crippen LogP contribution in [0.2, 0.25) is 0 Å². The van der Waals surface area contributed by atoms with E-state index >= 15 is 0 Å². The van der Waals surface area contributed by atoms with E-state index in [0.29, 0.717) is 18.7 Å². The third-order valence-electron chi connectivity index (χ3n) is 3.91. The summed E-state index contributed by atoms with van der Waals surface area (Å²) >= 11 is 0. The van der Waals surface area contributed by atoms with Gasteiger partial charge in [-0.2, -0.15) is 0 Å². The van der Waals surface area contributed by atoms with Crippen molar-refractivity contribution in [3.8, 4) is 5.75 Å². The molecule has 0 atom stereocenters. The van der Waals surface area contributed by atoms with E-state index in [1.165, 1.54) is 0 Å². The van der Waals surface area contributed by atoms with Crippen molar-refractivity contribution in [1.82, 2.24) is 9.88 Å². The Morgan fingerprint density at radius 1 is 1.12 bits per heavy atom. The lowest BCUT2D eigenvalue weighted by Crippen LogP contribution is -2.31. The molecule has 1 amide bonds. The molecule has 0 aliphatic heterocycles. The zero-order valence-electron chi connectivity index (χ0n) is 13.9. The number of pyridine rings is 1.